The van der Waals surface area contributed by atoms with Crippen LogP contribution in [-0.4, -0.2) is 65.5 Å². The third-order valence-electron chi connectivity index (χ3n) is 3.81. The van der Waals surface area contributed by atoms with Crippen LogP contribution in [0, 0.1) is 11.8 Å². The van der Waals surface area contributed by atoms with Gasteiger partial charge in [-0.3, -0.25) is 9.59 Å². The highest BCUT2D eigenvalue weighted by molar-refractivity contribution is 5.84. The number of urea groups is 1. The molecule has 7 nitrogen and oxygen atoms in total. The molecular formula is C12H19N3O4. The first-order valence-corrected chi connectivity index (χ1v) is 6.52. The summed E-state index contributed by atoms with van der Waals surface area (Å²) in [6.45, 7) is 3.84. The van der Waals surface area contributed by atoms with Gasteiger partial charge >= 0.3 is 12.0 Å². The van der Waals surface area contributed by atoms with Crippen molar-refractivity contribution in [1.82, 2.24) is 15.1 Å². The topological polar surface area (TPSA) is 89.9 Å². The lowest BCUT2D eigenvalue weighted by atomic mass is 9.87. The highest BCUT2D eigenvalue weighted by atomic mass is 16.4. The lowest BCUT2D eigenvalue weighted by Crippen LogP contribution is -2.58. The fraction of sp³-hybridized carbons (Fsp3) is 0.750. The maximum atomic E-state index is 12.1. The van der Waals surface area contributed by atoms with Gasteiger partial charge in [0.2, 0.25) is 5.91 Å². The number of nitrogens with zero attached hydrogens (tertiary/aromatic N) is 2. The summed E-state index contributed by atoms with van der Waals surface area (Å²) in [5.41, 5.74) is 0. The number of carboxylic acids is 1. The van der Waals surface area contributed by atoms with Crippen molar-refractivity contribution in [3.8, 4) is 0 Å². The first kappa shape index (κ1) is 13.6. The average Bonchev–Trinajstić information content (AvgIpc) is 2.51. The Hall–Kier alpha value is -1.79. The molecule has 2 heterocycles. The van der Waals surface area contributed by atoms with Crippen LogP contribution >= 0.6 is 0 Å². The Balaban J connectivity index is 1.85. The van der Waals surface area contributed by atoms with E-state index in [1.54, 1.807) is 11.8 Å². The van der Waals surface area contributed by atoms with E-state index in [1.165, 1.54) is 4.90 Å². The number of aliphatic carboxylic acids is 1. The van der Waals surface area contributed by atoms with Crippen LogP contribution in [-0.2, 0) is 9.59 Å². The smallest absolute Gasteiger partial charge is 0.320 e. The maximum Gasteiger partial charge on any atom is 0.320 e. The summed E-state index contributed by atoms with van der Waals surface area (Å²) in [5, 5.41) is 11.6. The van der Waals surface area contributed by atoms with E-state index >= 15 is 0 Å². The number of carbonyl (C=O) groups excluding carboxylic acids is 2. The normalized spacial score (nSPS) is 22.3. The van der Waals surface area contributed by atoms with E-state index in [9.17, 15) is 14.4 Å². The van der Waals surface area contributed by atoms with Crippen LogP contribution in [0.3, 0.4) is 0 Å². The van der Waals surface area contributed by atoms with Crippen LogP contribution in [0.15, 0.2) is 0 Å². The third-order valence-corrected chi connectivity index (χ3v) is 3.81. The molecule has 2 N–H and O–H groups in total. The zero-order valence-corrected chi connectivity index (χ0v) is 11.0. The highest BCUT2D eigenvalue weighted by Crippen LogP contribution is 2.25. The summed E-state index contributed by atoms with van der Waals surface area (Å²) in [4.78, 5) is 37.5. The molecule has 3 amide bonds. The highest BCUT2D eigenvalue weighted by Gasteiger charge is 2.39. The largest absolute Gasteiger partial charge is 0.481 e. The van der Waals surface area contributed by atoms with E-state index < -0.39 is 11.9 Å². The average molecular weight is 269 g/mol. The van der Waals surface area contributed by atoms with Crippen molar-refractivity contribution in [3.05, 3.63) is 0 Å². The fourth-order valence-electron chi connectivity index (χ4n) is 2.36. The van der Waals surface area contributed by atoms with Crippen LogP contribution in [0.5, 0.6) is 0 Å². The van der Waals surface area contributed by atoms with Crippen LogP contribution in [0.4, 0.5) is 4.79 Å². The molecule has 0 spiro atoms. The Morgan fingerprint density at radius 3 is 2.68 bits per heavy atom. The molecular weight excluding hydrogens is 250 g/mol. The summed E-state index contributed by atoms with van der Waals surface area (Å²) in [6, 6.07) is -0.161. The second kappa shape index (κ2) is 5.46. The molecule has 7 heteroatoms. The van der Waals surface area contributed by atoms with Gasteiger partial charge in [0.05, 0.1) is 5.92 Å². The summed E-state index contributed by atoms with van der Waals surface area (Å²) < 4.78 is 0. The first-order chi connectivity index (χ1) is 8.99. The zero-order chi connectivity index (χ0) is 14.0. The first-order valence-electron chi connectivity index (χ1n) is 6.52. The third kappa shape index (κ3) is 2.97. The van der Waals surface area contributed by atoms with Crippen molar-refractivity contribution in [3.63, 3.8) is 0 Å². The maximum absolute atomic E-state index is 12.1. The minimum Gasteiger partial charge on any atom is -0.481 e. The lowest BCUT2D eigenvalue weighted by molar-refractivity contribution is -0.144. The number of carboxylic acid groups (broad SMARTS) is 1. The summed E-state index contributed by atoms with van der Waals surface area (Å²) in [6.07, 6.45) is 0.750. The van der Waals surface area contributed by atoms with Gasteiger partial charge in [-0.25, -0.2) is 4.79 Å². The van der Waals surface area contributed by atoms with Gasteiger partial charge in [-0.2, -0.15) is 0 Å². The fourth-order valence-corrected chi connectivity index (χ4v) is 2.36. The number of rotatable bonds is 2. The predicted molar refractivity (Wildman–Crippen MR) is 66.5 cm³/mol. The molecule has 0 aromatic rings. The van der Waals surface area contributed by atoms with Crippen molar-refractivity contribution >= 4 is 17.9 Å². The molecule has 0 radical (unpaired) electrons. The molecule has 2 fully saturated rings. The molecule has 106 valence electrons. The second-order valence-electron chi connectivity index (χ2n) is 5.20. The predicted octanol–water partition coefficient (Wildman–Crippen LogP) is -0.419. The Labute approximate surface area is 111 Å². The van der Waals surface area contributed by atoms with Crippen LogP contribution in [0.2, 0.25) is 0 Å². The number of nitrogens with one attached hydrogen (secondary N) is 1. The minimum atomic E-state index is -0.828. The van der Waals surface area contributed by atoms with E-state index in [0.717, 1.165) is 6.42 Å². The Bertz CT molecular complexity index is 392. The van der Waals surface area contributed by atoms with Gasteiger partial charge in [0.25, 0.3) is 0 Å². The van der Waals surface area contributed by atoms with Gasteiger partial charge in [-0.05, 0) is 6.42 Å². The number of hydrogen-bond donors (Lipinski definition) is 2. The Morgan fingerprint density at radius 2 is 2.05 bits per heavy atom. The van der Waals surface area contributed by atoms with E-state index in [0.29, 0.717) is 26.2 Å². The van der Waals surface area contributed by atoms with Crippen molar-refractivity contribution in [2.75, 3.05) is 32.7 Å². The van der Waals surface area contributed by atoms with Gasteiger partial charge in [-0.15, -0.1) is 0 Å². The van der Waals surface area contributed by atoms with E-state index in [4.69, 9.17) is 5.11 Å². The Kier molecular flexibility index (Phi) is 3.92. The van der Waals surface area contributed by atoms with Crippen molar-refractivity contribution < 1.29 is 19.5 Å². The van der Waals surface area contributed by atoms with E-state index in [2.05, 4.69) is 5.32 Å². The number of likely N-dealkylation sites (tertiary alicyclic amines) is 1. The molecule has 2 aliphatic heterocycles. The molecule has 0 bridgehead atoms. The standard InChI is InChI=1S/C12H19N3O4/c1-8(11(17)18)9-5-15(6-9)12(19)14-4-2-3-13-10(16)7-14/h8-9H,2-7H2,1H3,(H,13,16)(H,17,18). The molecule has 0 saturated carbocycles. The van der Waals surface area contributed by atoms with E-state index in [-0.39, 0.29) is 24.4 Å². The van der Waals surface area contributed by atoms with Crippen LogP contribution in [0.1, 0.15) is 13.3 Å². The molecule has 0 aliphatic carbocycles. The van der Waals surface area contributed by atoms with Crippen molar-refractivity contribution in [2.24, 2.45) is 11.8 Å². The SMILES string of the molecule is CC(C(=O)O)C1CN(C(=O)N2CCCNC(=O)C2)C1. The van der Waals surface area contributed by atoms with Crippen LogP contribution in [0.25, 0.3) is 0 Å². The summed E-state index contributed by atoms with van der Waals surface area (Å²) >= 11 is 0. The quantitative estimate of drug-likeness (QED) is 0.712. The van der Waals surface area contributed by atoms with Crippen molar-refractivity contribution in [2.45, 2.75) is 13.3 Å². The molecule has 2 aliphatic rings. The monoisotopic (exact) mass is 269 g/mol. The summed E-state index contributed by atoms with van der Waals surface area (Å²) in [5.74, 6) is -1.38. The molecule has 19 heavy (non-hydrogen) atoms. The lowest BCUT2D eigenvalue weighted by Gasteiger charge is -2.43. The van der Waals surface area contributed by atoms with Gasteiger partial charge in [0.1, 0.15) is 6.54 Å². The molecule has 2 rings (SSSR count). The van der Waals surface area contributed by atoms with Gasteiger partial charge < -0.3 is 20.2 Å². The molecule has 1 unspecified atom stereocenters. The molecule has 2 saturated heterocycles. The molecule has 0 aromatic heterocycles. The van der Waals surface area contributed by atoms with Gasteiger partial charge in [0, 0.05) is 32.1 Å². The van der Waals surface area contributed by atoms with Gasteiger partial charge in [0.15, 0.2) is 0 Å². The zero-order valence-electron chi connectivity index (χ0n) is 11.0. The number of carbonyl (C=O) groups is 3. The van der Waals surface area contributed by atoms with E-state index in [1.807, 2.05) is 0 Å². The Morgan fingerprint density at radius 1 is 1.37 bits per heavy atom. The molecule has 1 atom stereocenters. The number of hydrogen-bond acceptors (Lipinski definition) is 3. The van der Waals surface area contributed by atoms with Crippen LogP contribution < -0.4 is 5.32 Å². The van der Waals surface area contributed by atoms with Gasteiger partial charge in [-0.1, -0.05) is 6.92 Å². The van der Waals surface area contributed by atoms with Crippen molar-refractivity contribution in [1.29, 1.82) is 0 Å². The summed E-state index contributed by atoms with van der Waals surface area (Å²) in [7, 11) is 0. The number of amides is 3. The second-order valence-corrected chi connectivity index (χ2v) is 5.20. The minimum absolute atomic E-state index is 0.0160. The molecule has 0 aromatic carbocycles.